The molecule has 0 rings (SSSR count). The Labute approximate surface area is 104 Å². The Morgan fingerprint density at radius 3 is 0.583 bits per heavy atom. The molecule has 0 fully saturated rings. The Hall–Kier alpha value is 1.64. The predicted octanol–water partition coefficient (Wildman–Crippen LogP) is -6.00. The molecule has 0 heterocycles. The van der Waals surface area contributed by atoms with Crippen molar-refractivity contribution in [2.75, 3.05) is 0 Å². The molecule has 0 aromatic carbocycles. The van der Waals surface area contributed by atoms with E-state index in [2.05, 4.69) is 0 Å². The van der Waals surface area contributed by atoms with Gasteiger partial charge in [-0.3, -0.25) is 0 Å². The normalized spacial score (nSPS) is 9.67. The summed E-state index contributed by atoms with van der Waals surface area (Å²) in [5, 5.41) is 0. The van der Waals surface area contributed by atoms with Crippen LogP contribution in [0, 0.1) is 0 Å². The van der Waals surface area contributed by atoms with Gasteiger partial charge in [0.05, 0.1) is 0 Å². The van der Waals surface area contributed by atoms with Gasteiger partial charge < -0.3 is 0 Å². The van der Waals surface area contributed by atoms with E-state index in [4.69, 9.17) is 31.8 Å². The molecule has 0 saturated heterocycles. The molecule has 0 aromatic rings. The Morgan fingerprint density at radius 1 is 0.583 bits per heavy atom. The van der Waals surface area contributed by atoms with Crippen molar-refractivity contribution in [3.8, 4) is 0 Å². The fraction of sp³-hybridized carbons (Fsp3) is 0. The fourth-order valence-electron chi connectivity index (χ4n) is 0. The third kappa shape index (κ3) is 491. The van der Waals surface area contributed by atoms with Gasteiger partial charge in [0.15, 0.2) is 0 Å². The summed E-state index contributed by atoms with van der Waals surface area (Å²) in [6.45, 7) is 0. The van der Waals surface area contributed by atoms with Crippen LogP contribution in [0.1, 0.15) is 0 Å². The Bertz CT molecular complexity index is 211. The third-order valence-electron chi connectivity index (χ3n) is 0. The zero-order valence-electron chi connectivity index (χ0n) is 5.50. The second kappa shape index (κ2) is 9.20. The zero-order valence-corrected chi connectivity index (χ0v) is 10.9. The van der Waals surface area contributed by atoms with Crippen LogP contribution in [0.4, 0.5) is 0 Å². The summed E-state index contributed by atoms with van der Waals surface area (Å²) in [5.74, 6) is 0. The summed E-state index contributed by atoms with van der Waals surface area (Å²) >= 11 is -11.5. The summed E-state index contributed by atoms with van der Waals surface area (Å²) in [7, 11) is 0. The molecule has 12 heavy (non-hydrogen) atoms. The van der Waals surface area contributed by atoms with Crippen molar-refractivity contribution in [2.24, 2.45) is 0 Å². The van der Waals surface area contributed by atoms with E-state index in [-0.39, 0.29) is 46.1 Å². The number of hydrogen-bond donors (Lipinski definition) is 0. The van der Waals surface area contributed by atoms with Gasteiger partial charge in [0, 0.05) is 0 Å². The van der Waals surface area contributed by atoms with Gasteiger partial charge in [0.25, 0.3) is 0 Å². The molecule has 0 N–H and O–H groups in total. The Kier molecular flexibility index (Phi) is 18.0. The first-order valence-corrected chi connectivity index (χ1v) is 5.50. The van der Waals surface area contributed by atoms with Gasteiger partial charge in [-0.1, -0.05) is 0 Å². The molecule has 0 aliphatic rings. The van der Waals surface area contributed by atoms with Crippen molar-refractivity contribution in [2.45, 2.75) is 0 Å². The molecule has 0 aliphatic carbocycles. The molecule has 0 atom stereocenters. The second-order valence-corrected chi connectivity index (χ2v) is 3.37. The average molecular weight is 281 g/mol. The van der Waals surface area contributed by atoms with Gasteiger partial charge in [-0.05, 0) is 0 Å². The first kappa shape index (κ1) is 23.4. The fourth-order valence-corrected chi connectivity index (χ4v) is 0. The van der Waals surface area contributed by atoms with Crippen molar-refractivity contribution in [3.05, 3.63) is 0 Å². The third-order valence-corrected chi connectivity index (χ3v) is 0. The monoisotopic (exact) mass is 280 g/mol. The van der Waals surface area contributed by atoms with E-state index in [0.717, 1.165) is 0 Å². The van der Waals surface area contributed by atoms with Gasteiger partial charge in [0.2, 0.25) is 0 Å². The summed E-state index contributed by atoms with van der Waals surface area (Å²) < 4.78 is 68.8. The van der Waals surface area contributed by atoms with Crippen molar-refractivity contribution in [1.82, 2.24) is 0 Å². The molecule has 12 heteroatoms. The summed E-state index contributed by atoms with van der Waals surface area (Å²) in [4.78, 5) is 0. The molecular formula is Cr2Mg2O8. The predicted molar refractivity (Wildman–Crippen MR) is 14.3 cm³/mol. The molecule has 0 aliphatic heterocycles. The maximum absolute atomic E-state index is 8.59. The maximum atomic E-state index is 8.59. The molecule has 0 amide bonds. The van der Waals surface area contributed by atoms with Crippen LogP contribution in [0.25, 0.3) is 0 Å². The van der Waals surface area contributed by atoms with Crippen LogP contribution in [0.3, 0.4) is 0 Å². The van der Waals surface area contributed by atoms with E-state index in [9.17, 15) is 0 Å². The topological polar surface area (TPSA) is 161 Å². The van der Waals surface area contributed by atoms with E-state index in [1.165, 1.54) is 0 Å². The minimum atomic E-state index is -5.75. The first-order chi connectivity index (χ1) is 4.00. The summed E-state index contributed by atoms with van der Waals surface area (Å²) in [6, 6.07) is 0. The Morgan fingerprint density at radius 2 is 0.583 bits per heavy atom. The van der Waals surface area contributed by atoms with Crippen LogP contribution in [0.5, 0.6) is 0 Å². The standard InChI is InChI=1S/2Cr.2Mg.8O/q;;2*+2;;;;;4*-1. The molecule has 0 bridgehead atoms. The van der Waals surface area contributed by atoms with Crippen LogP contribution in [0.2, 0.25) is 0 Å². The van der Waals surface area contributed by atoms with Gasteiger partial charge in [0.1, 0.15) is 0 Å². The van der Waals surface area contributed by atoms with Gasteiger partial charge in [-0.25, -0.2) is 0 Å². The van der Waals surface area contributed by atoms with Gasteiger partial charge in [-0.15, -0.1) is 0 Å². The number of rotatable bonds is 0. The van der Waals surface area contributed by atoms with Crippen LogP contribution in [0.15, 0.2) is 0 Å². The van der Waals surface area contributed by atoms with Crippen molar-refractivity contribution in [3.63, 3.8) is 0 Å². The van der Waals surface area contributed by atoms with E-state index in [0.29, 0.717) is 0 Å². The zero-order chi connectivity index (χ0) is 9.00. The SMILES string of the molecule is [Mg+2].[Mg+2].[O]=[Cr](=[O])([O-])[O-].[O]=[Cr](=[O])([O-])[O-]. The van der Waals surface area contributed by atoms with E-state index in [1.807, 2.05) is 0 Å². The molecule has 0 spiro atoms. The van der Waals surface area contributed by atoms with E-state index in [1.54, 1.807) is 0 Å². The molecule has 0 aromatic heterocycles. The second-order valence-electron chi connectivity index (χ2n) is 0.816. The van der Waals surface area contributed by atoms with Crippen LogP contribution in [-0.4, -0.2) is 46.1 Å². The van der Waals surface area contributed by atoms with Crippen molar-refractivity contribution >= 4 is 46.1 Å². The minimum absolute atomic E-state index is 0. The van der Waals surface area contributed by atoms with Gasteiger partial charge in [-0.2, -0.15) is 0 Å². The Balaban J connectivity index is -0.0000000457. The van der Waals surface area contributed by atoms with Gasteiger partial charge >= 0.3 is 105 Å². The molecular weight excluding hydrogens is 281 g/mol. The molecule has 0 radical (unpaired) electrons. The summed E-state index contributed by atoms with van der Waals surface area (Å²) in [6.07, 6.45) is 0. The molecule has 64 valence electrons. The average Bonchev–Trinajstić information content (AvgIpc) is 1.12. The van der Waals surface area contributed by atoms with Crippen molar-refractivity contribution < 1.29 is 59.1 Å². The number of hydrogen-bond acceptors (Lipinski definition) is 8. The van der Waals surface area contributed by atoms with Crippen LogP contribution in [-0.2, 0) is 42.4 Å². The quantitative estimate of drug-likeness (QED) is 0.396. The van der Waals surface area contributed by atoms with E-state index >= 15 is 0 Å². The van der Waals surface area contributed by atoms with Crippen LogP contribution < -0.4 is 16.6 Å². The summed E-state index contributed by atoms with van der Waals surface area (Å²) in [5.41, 5.74) is 0. The van der Waals surface area contributed by atoms with E-state index < -0.39 is 27.2 Å². The molecule has 0 saturated carbocycles. The first-order valence-electron chi connectivity index (χ1n) is 1.33. The van der Waals surface area contributed by atoms with Crippen LogP contribution >= 0.6 is 0 Å². The molecule has 0 unspecified atom stereocenters. The van der Waals surface area contributed by atoms with Crippen molar-refractivity contribution in [1.29, 1.82) is 0 Å². The molecule has 8 nitrogen and oxygen atoms in total.